The molecule has 0 aliphatic heterocycles. The van der Waals surface area contributed by atoms with Crippen molar-refractivity contribution in [3.63, 3.8) is 0 Å². The van der Waals surface area contributed by atoms with Crippen molar-refractivity contribution in [3.05, 3.63) is 17.3 Å². The molecule has 0 unspecified atom stereocenters. The molecule has 0 saturated heterocycles. The molecule has 0 aliphatic rings. The van der Waals surface area contributed by atoms with E-state index in [1.807, 2.05) is 31.7 Å². The molecule has 4 heteroatoms. The van der Waals surface area contributed by atoms with Crippen molar-refractivity contribution in [2.24, 2.45) is 0 Å². The van der Waals surface area contributed by atoms with Crippen molar-refractivity contribution < 1.29 is 0 Å². The van der Waals surface area contributed by atoms with E-state index in [0.717, 1.165) is 25.2 Å². The van der Waals surface area contributed by atoms with E-state index < -0.39 is 0 Å². The van der Waals surface area contributed by atoms with E-state index in [4.69, 9.17) is 11.0 Å². The molecule has 1 aromatic heterocycles. The Labute approximate surface area is 90.9 Å². The molecule has 4 nitrogen and oxygen atoms in total. The maximum Gasteiger partial charge on any atom is 0.121 e. The second-order valence-electron chi connectivity index (χ2n) is 4.00. The van der Waals surface area contributed by atoms with E-state index in [1.165, 1.54) is 0 Å². The van der Waals surface area contributed by atoms with Gasteiger partial charge in [0.2, 0.25) is 0 Å². The standard InChI is InChI=1S/C11H18N4/c1-9-7-10(8-12)11(13)15(9)6-4-5-14(2)3/h7H,4-6,13H2,1-3H3. The molecule has 0 bridgehead atoms. The van der Waals surface area contributed by atoms with Crippen LogP contribution in [0, 0.1) is 18.3 Å². The van der Waals surface area contributed by atoms with Gasteiger partial charge in [0.1, 0.15) is 11.9 Å². The molecular formula is C11H18N4. The van der Waals surface area contributed by atoms with E-state index in [1.54, 1.807) is 0 Å². The number of nitrogen functional groups attached to an aromatic ring is 1. The Balaban J connectivity index is 2.69. The normalized spacial score (nSPS) is 10.6. The number of aryl methyl sites for hydroxylation is 1. The van der Waals surface area contributed by atoms with Gasteiger partial charge in [0.25, 0.3) is 0 Å². The molecule has 15 heavy (non-hydrogen) atoms. The molecule has 82 valence electrons. The first-order valence-corrected chi connectivity index (χ1v) is 5.06. The van der Waals surface area contributed by atoms with Gasteiger partial charge in [-0.25, -0.2) is 0 Å². The molecule has 0 spiro atoms. The van der Waals surface area contributed by atoms with Crippen LogP contribution in [-0.2, 0) is 6.54 Å². The molecule has 0 aliphatic carbocycles. The quantitative estimate of drug-likeness (QED) is 0.805. The SMILES string of the molecule is Cc1cc(C#N)c(N)n1CCCN(C)C. The predicted octanol–water partition coefficient (Wildman–Crippen LogP) is 1.20. The molecular weight excluding hydrogens is 188 g/mol. The Morgan fingerprint density at radius 1 is 1.53 bits per heavy atom. The second-order valence-corrected chi connectivity index (χ2v) is 4.00. The minimum absolute atomic E-state index is 0.581. The van der Waals surface area contributed by atoms with Gasteiger partial charge in [0.15, 0.2) is 0 Å². The number of hydrogen-bond donors (Lipinski definition) is 1. The molecule has 0 saturated carbocycles. The van der Waals surface area contributed by atoms with Gasteiger partial charge in [0, 0.05) is 12.2 Å². The van der Waals surface area contributed by atoms with Crippen LogP contribution in [0.4, 0.5) is 5.82 Å². The monoisotopic (exact) mass is 206 g/mol. The molecule has 0 aromatic carbocycles. The number of rotatable bonds is 4. The summed E-state index contributed by atoms with van der Waals surface area (Å²) >= 11 is 0. The molecule has 1 rings (SSSR count). The lowest BCUT2D eigenvalue weighted by atomic mass is 10.3. The number of aromatic nitrogens is 1. The van der Waals surface area contributed by atoms with Crippen LogP contribution >= 0.6 is 0 Å². The Morgan fingerprint density at radius 3 is 2.67 bits per heavy atom. The van der Waals surface area contributed by atoms with Crippen molar-refractivity contribution >= 4 is 5.82 Å². The zero-order valence-corrected chi connectivity index (χ0v) is 9.62. The number of hydrogen-bond acceptors (Lipinski definition) is 3. The minimum Gasteiger partial charge on any atom is -0.384 e. The summed E-state index contributed by atoms with van der Waals surface area (Å²) in [5.41, 5.74) is 7.50. The second kappa shape index (κ2) is 4.85. The fourth-order valence-electron chi connectivity index (χ4n) is 1.63. The Kier molecular flexibility index (Phi) is 3.75. The zero-order chi connectivity index (χ0) is 11.4. The maximum atomic E-state index is 8.82. The van der Waals surface area contributed by atoms with Gasteiger partial charge in [-0.05, 0) is 40.1 Å². The van der Waals surface area contributed by atoms with Crippen LogP contribution in [0.5, 0.6) is 0 Å². The number of nitrogens with zero attached hydrogens (tertiary/aromatic N) is 3. The Morgan fingerprint density at radius 2 is 2.20 bits per heavy atom. The summed E-state index contributed by atoms with van der Waals surface area (Å²) < 4.78 is 2.00. The van der Waals surface area contributed by atoms with E-state index in [9.17, 15) is 0 Å². The van der Waals surface area contributed by atoms with Crippen molar-refractivity contribution in [2.45, 2.75) is 19.9 Å². The van der Waals surface area contributed by atoms with Crippen molar-refractivity contribution in [2.75, 3.05) is 26.4 Å². The van der Waals surface area contributed by atoms with E-state index in [0.29, 0.717) is 11.4 Å². The maximum absolute atomic E-state index is 8.82. The first-order chi connectivity index (χ1) is 7.06. The molecule has 1 aromatic rings. The topological polar surface area (TPSA) is 58.0 Å². The van der Waals surface area contributed by atoms with Crippen molar-refractivity contribution in [1.29, 1.82) is 5.26 Å². The molecule has 0 fully saturated rings. The fourth-order valence-corrected chi connectivity index (χ4v) is 1.63. The van der Waals surface area contributed by atoms with Gasteiger partial charge in [-0.15, -0.1) is 0 Å². The van der Waals surface area contributed by atoms with Gasteiger partial charge < -0.3 is 15.2 Å². The third kappa shape index (κ3) is 2.74. The summed E-state index contributed by atoms with van der Waals surface area (Å²) in [6.45, 7) is 3.88. The van der Waals surface area contributed by atoms with E-state index >= 15 is 0 Å². The summed E-state index contributed by atoms with van der Waals surface area (Å²) in [5, 5.41) is 8.82. The third-order valence-electron chi connectivity index (χ3n) is 2.45. The largest absolute Gasteiger partial charge is 0.384 e. The van der Waals surface area contributed by atoms with Gasteiger partial charge >= 0.3 is 0 Å². The van der Waals surface area contributed by atoms with Crippen LogP contribution in [0.15, 0.2) is 6.07 Å². The Bertz CT molecular complexity index is 371. The Hall–Kier alpha value is -1.47. The summed E-state index contributed by atoms with van der Waals surface area (Å²) in [7, 11) is 4.10. The smallest absolute Gasteiger partial charge is 0.121 e. The van der Waals surface area contributed by atoms with Crippen LogP contribution in [0.2, 0.25) is 0 Å². The van der Waals surface area contributed by atoms with Gasteiger partial charge in [-0.3, -0.25) is 0 Å². The van der Waals surface area contributed by atoms with Crippen molar-refractivity contribution in [1.82, 2.24) is 9.47 Å². The molecule has 0 amide bonds. The lowest BCUT2D eigenvalue weighted by molar-refractivity contribution is 0.386. The highest BCUT2D eigenvalue weighted by Crippen LogP contribution is 2.17. The average molecular weight is 206 g/mol. The van der Waals surface area contributed by atoms with Crippen molar-refractivity contribution in [3.8, 4) is 6.07 Å². The first-order valence-electron chi connectivity index (χ1n) is 5.06. The number of nitriles is 1. The van der Waals surface area contributed by atoms with Gasteiger partial charge in [0.05, 0.1) is 5.56 Å². The predicted molar refractivity (Wildman–Crippen MR) is 61.5 cm³/mol. The van der Waals surface area contributed by atoms with Crippen LogP contribution in [0.1, 0.15) is 17.7 Å². The number of nitrogens with two attached hydrogens (primary N) is 1. The minimum atomic E-state index is 0.581. The highest BCUT2D eigenvalue weighted by Gasteiger charge is 2.08. The van der Waals surface area contributed by atoms with E-state index in [2.05, 4.69) is 11.0 Å². The summed E-state index contributed by atoms with van der Waals surface area (Å²) in [6.07, 6.45) is 1.04. The average Bonchev–Trinajstić information content (AvgIpc) is 2.44. The van der Waals surface area contributed by atoms with Crippen LogP contribution in [0.25, 0.3) is 0 Å². The van der Waals surface area contributed by atoms with Crippen LogP contribution in [0.3, 0.4) is 0 Å². The lowest BCUT2D eigenvalue weighted by Crippen LogP contribution is -2.16. The summed E-state index contributed by atoms with van der Waals surface area (Å²) in [5.74, 6) is 0.591. The van der Waals surface area contributed by atoms with Crippen LogP contribution in [-0.4, -0.2) is 30.1 Å². The molecule has 0 atom stereocenters. The molecule has 2 N–H and O–H groups in total. The van der Waals surface area contributed by atoms with E-state index in [-0.39, 0.29) is 0 Å². The van der Waals surface area contributed by atoms with Crippen LogP contribution < -0.4 is 5.73 Å². The van der Waals surface area contributed by atoms with Gasteiger partial charge in [-0.2, -0.15) is 5.26 Å². The molecule has 0 radical (unpaired) electrons. The fraction of sp³-hybridized carbons (Fsp3) is 0.545. The highest BCUT2D eigenvalue weighted by atomic mass is 15.1. The number of anilines is 1. The lowest BCUT2D eigenvalue weighted by Gasteiger charge is -2.12. The zero-order valence-electron chi connectivity index (χ0n) is 9.62. The molecule has 1 heterocycles. The first kappa shape index (κ1) is 11.6. The van der Waals surface area contributed by atoms with Gasteiger partial charge in [-0.1, -0.05) is 0 Å². The summed E-state index contributed by atoms with van der Waals surface area (Å²) in [6, 6.07) is 3.94. The highest BCUT2D eigenvalue weighted by molar-refractivity contribution is 5.52. The third-order valence-corrected chi connectivity index (χ3v) is 2.45. The summed E-state index contributed by atoms with van der Waals surface area (Å²) in [4.78, 5) is 2.14.